The second-order valence-corrected chi connectivity index (χ2v) is 7.84. The Labute approximate surface area is 165 Å². The van der Waals surface area contributed by atoms with E-state index in [4.69, 9.17) is 4.42 Å². The number of carbonyl (C=O) groups is 1. The highest BCUT2D eigenvalue weighted by Gasteiger charge is 2.22. The van der Waals surface area contributed by atoms with Crippen LogP contribution in [0.3, 0.4) is 0 Å². The molecule has 0 aliphatic carbocycles. The maximum atomic E-state index is 12.7. The van der Waals surface area contributed by atoms with Gasteiger partial charge >= 0.3 is 0 Å². The average molecular weight is 380 g/mol. The minimum absolute atomic E-state index is 0.0388. The van der Waals surface area contributed by atoms with Gasteiger partial charge in [0.1, 0.15) is 22.9 Å². The molecule has 1 aliphatic rings. The number of aromatic nitrogens is 2. The van der Waals surface area contributed by atoms with Gasteiger partial charge in [0, 0.05) is 24.8 Å². The van der Waals surface area contributed by atoms with E-state index in [0.29, 0.717) is 11.6 Å². The molecule has 0 spiro atoms. The Balaban J connectivity index is 1.30. The van der Waals surface area contributed by atoms with Gasteiger partial charge in [0.2, 0.25) is 0 Å². The predicted octanol–water partition coefficient (Wildman–Crippen LogP) is 3.49. The van der Waals surface area contributed by atoms with Crippen molar-refractivity contribution in [1.82, 2.24) is 19.6 Å². The molecule has 0 aromatic carbocycles. The molecule has 1 amide bonds. The first-order valence-electron chi connectivity index (χ1n) is 10.0. The van der Waals surface area contributed by atoms with Crippen molar-refractivity contribution in [1.29, 1.82) is 0 Å². The number of hydrogen-bond donors (Lipinski definition) is 1. The number of piperidine rings is 1. The Kier molecular flexibility index (Phi) is 5.22. The molecule has 1 aliphatic heterocycles. The summed E-state index contributed by atoms with van der Waals surface area (Å²) in [5.41, 5.74) is 3.50. The van der Waals surface area contributed by atoms with E-state index in [-0.39, 0.29) is 5.91 Å². The first-order chi connectivity index (χ1) is 13.5. The molecule has 3 aromatic heterocycles. The molecule has 28 heavy (non-hydrogen) atoms. The lowest BCUT2D eigenvalue weighted by molar-refractivity contribution is 0.0928. The Bertz CT molecular complexity index is 980. The maximum absolute atomic E-state index is 12.7. The molecule has 3 aromatic rings. The molecular weight excluding hydrogens is 352 g/mol. The number of nitrogens with zero attached hydrogens (tertiary/aromatic N) is 3. The fourth-order valence-electron chi connectivity index (χ4n) is 4.14. The smallest absolute Gasteiger partial charge is 0.270 e. The number of fused-ring (bicyclic) bond motifs is 1. The van der Waals surface area contributed by atoms with Crippen molar-refractivity contribution in [2.24, 2.45) is 5.92 Å². The van der Waals surface area contributed by atoms with Crippen LogP contribution in [0.4, 0.5) is 0 Å². The van der Waals surface area contributed by atoms with E-state index in [9.17, 15) is 4.79 Å². The third kappa shape index (κ3) is 3.83. The second-order valence-electron chi connectivity index (χ2n) is 7.84. The number of furan rings is 1. The number of rotatable bonds is 5. The summed E-state index contributed by atoms with van der Waals surface area (Å²) in [7, 11) is 0. The fraction of sp³-hybridized carbons (Fsp3) is 0.455. The molecular formula is C22H28N4O2. The summed E-state index contributed by atoms with van der Waals surface area (Å²) >= 11 is 0. The molecule has 1 fully saturated rings. The number of aryl methyl sites for hydroxylation is 3. The van der Waals surface area contributed by atoms with Crippen LogP contribution in [0.2, 0.25) is 0 Å². The van der Waals surface area contributed by atoms with E-state index >= 15 is 0 Å². The zero-order valence-electron chi connectivity index (χ0n) is 16.9. The summed E-state index contributed by atoms with van der Waals surface area (Å²) in [6, 6.07) is 7.91. The van der Waals surface area contributed by atoms with Gasteiger partial charge in [0.05, 0.1) is 5.69 Å². The summed E-state index contributed by atoms with van der Waals surface area (Å²) in [6.07, 6.45) is 4.09. The summed E-state index contributed by atoms with van der Waals surface area (Å²) in [5.74, 6) is 2.48. The van der Waals surface area contributed by atoms with Crippen LogP contribution >= 0.6 is 0 Å². The summed E-state index contributed by atoms with van der Waals surface area (Å²) in [4.78, 5) is 19.7. The van der Waals surface area contributed by atoms with Crippen LogP contribution in [-0.4, -0.2) is 39.8 Å². The monoisotopic (exact) mass is 380 g/mol. The number of likely N-dealkylation sites (tertiary alicyclic amines) is 1. The highest BCUT2D eigenvalue weighted by molar-refractivity contribution is 5.94. The molecule has 1 saturated heterocycles. The molecule has 0 atom stereocenters. The van der Waals surface area contributed by atoms with E-state index in [1.807, 2.05) is 49.6 Å². The first kappa shape index (κ1) is 18.7. The minimum Gasteiger partial charge on any atom is -0.466 e. The molecule has 0 bridgehead atoms. The number of hydrogen-bond acceptors (Lipinski definition) is 4. The SMILES string of the molecule is Cc1cc(CN2CCC(CNC(=O)c3c(C)nc4ccccn34)CC2)c(C)o1. The molecule has 6 nitrogen and oxygen atoms in total. The van der Waals surface area contributed by atoms with Crippen LogP contribution in [0.15, 0.2) is 34.9 Å². The van der Waals surface area contributed by atoms with E-state index < -0.39 is 0 Å². The van der Waals surface area contributed by atoms with Crippen molar-refractivity contribution in [3.8, 4) is 0 Å². The Morgan fingerprint density at radius 1 is 1.25 bits per heavy atom. The Hall–Kier alpha value is -2.60. The Morgan fingerprint density at radius 2 is 2.04 bits per heavy atom. The van der Waals surface area contributed by atoms with Crippen molar-refractivity contribution >= 4 is 11.6 Å². The highest BCUT2D eigenvalue weighted by atomic mass is 16.3. The lowest BCUT2D eigenvalue weighted by Gasteiger charge is -2.31. The maximum Gasteiger partial charge on any atom is 0.270 e. The zero-order valence-corrected chi connectivity index (χ0v) is 16.9. The number of pyridine rings is 1. The third-order valence-corrected chi connectivity index (χ3v) is 5.72. The topological polar surface area (TPSA) is 62.8 Å². The van der Waals surface area contributed by atoms with Crippen molar-refractivity contribution < 1.29 is 9.21 Å². The van der Waals surface area contributed by atoms with Crippen LogP contribution in [0.1, 0.15) is 46.1 Å². The van der Waals surface area contributed by atoms with Crippen LogP contribution in [-0.2, 0) is 6.54 Å². The lowest BCUT2D eigenvalue weighted by atomic mass is 9.96. The van der Waals surface area contributed by atoms with Gasteiger partial charge in [0.25, 0.3) is 5.91 Å². The van der Waals surface area contributed by atoms with E-state index in [0.717, 1.165) is 61.9 Å². The van der Waals surface area contributed by atoms with Crippen molar-refractivity contribution in [2.75, 3.05) is 19.6 Å². The van der Waals surface area contributed by atoms with Gasteiger partial charge in [-0.1, -0.05) is 6.07 Å². The van der Waals surface area contributed by atoms with Gasteiger partial charge in [-0.3, -0.25) is 14.1 Å². The van der Waals surface area contributed by atoms with Gasteiger partial charge in [-0.05, 0) is 70.8 Å². The van der Waals surface area contributed by atoms with Gasteiger partial charge in [0.15, 0.2) is 0 Å². The zero-order chi connectivity index (χ0) is 19.7. The van der Waals surface area contributed by atoms with Crippen LogP contribution in [0.5, 0.6) is 0 Å². The Morgan fingerprint density at radius 3 is 2.75 bits per heavy atom. The van der Waals surface area contributed by atoms with Gasteiger partial charge in [-0.25, -0.2) is 4.98 Å². The molecule has 148 valence electrons. The molecule has 0 unspecified atom stereocenters. The standard InChI is InChI=1S/C22H28N4O2/c1-15-12-19(17(3)28-15)14-25-10-7-18(8-11-25)13-23-22(27)21-16(2)24-20-6-4-5-9-26(20)21/h4-6,9,12,18H,7-8,10-11,13-14H2,1-3H3,(H,23,27). The van der Waals surface area contributed by atoms with Crippen molar-refractivity contribution in [3.05, 3.63) is 58.9 Å². The first-order valence-corrected chi connectivity index (χ1v) is 10.0. The summed E-state index contributed by atoms with van der Waals surface area (Å²) < 4.78 is 7.50. The number of amides is 1. The number of imidazole rings is 1. The molecule has 6 heteroatoms. The van der Waals surface area contributed by atoms with Gasteiger partial charge < -0.3 is 9.73 Å². The number of carbonyl (C=O) groups excluding carboxylic acids is 1. The molecule has 0 saturated carbocycles. The van der Waals surface area contributed by atoms with Crippen molar-refractivity contribution in [2.45, 2.75) is 40.2 Å². The quantitative estimate of drug-likeness (QED) is 0.736. The summed E-state index contributed by atoms with van der Waals surface area (Å²) in [6.45, 7) is 9.70. The van der Waals surface area contributed by atoms with E-state index in [1.54, 1.807) is 0 Å². The highest BCUT2D eigenvalue weighted by Crippen LogP contribution is 2.21. The lowest BCUT2D eigenvalue weighted by Crippen LogP contribution is -2.38. The number of nitrogens with one attached hydrogen (secondary N) is 1. The normalized spacial score (nSPS) is 16.0. The average Bonchev–Trinajstić information content (AvgIpc) is 3.18. The summed E-state index contributed by atoms with van der Waals surface area (Å²) in [5, 5.41) is 3.13. The third-order valence-electron chi connectivity index (χ3n) is 5.72. The van der Waals surface area contributed by atoms with Gasteiger partial charge in [-0.2, -0.15) is 0 Å². The van der Waals surface area contributed by atoms with Crippen molar-refractivity contribution in [3.63, 3.8) is 0 Å². The van der Waals surface area contributed by atoms with E-state index in [1.165, 1.54) is 5.56 Å². The molecule has 1 N–H and O–H groups in total. The minimum atomic E-state index is -0.0388. The van der Waals surface area contributed by atoms with Crippen LogP contribution in [0.25, 0.3) is 5.65 Å². The molecule has 4 heterocycles. The van der Waals surface area contributed by atoms with Crippen LogP contribution < -0.4 is 5.32 Å². The second kappa shape index (κ2) is 7.80. The van der Waals surface area contributed by atoms with E-state index in [2.05, 4.69) is 21.3 Å². The fourth-order valence-corrected chi connectivity index (χ4v) is 4.14. The molecule has 0 radical (unpaired) electrons. The van der Waals surface area contributed by atoms with Gasteiger partial charge in [-0.15, -0.1) is 0 Å². The molecule has 4 rings (SSSR count). The predicted molar refractivity (Wildman–Crippen MR) is 108 cm³/mol. The van der Waals surface area contributed by atoms with Crippen LogP contribution in [0, 0.1) is 26.7 Å². The largest absolute Gasteiger partial charge is 0.466 e.